The molecular weight excluding hydrogens is 416 g/mol. The Kier molecular flexibility index (Phi) is 7.19. The molecule has 4 rings (SSSR count). The van der Waals surface area contributed by atoms with Crippen molar-refractivity contribution in [3.8, 4) is 5.75 Å². The Bertz CT molecular complexity index is 1090. The number of nitrogens with zero attached hydrogens (tertiary/aromatic N) is 2. The van der Waals surface area contributed by atoms with Crippen LogP contribution in [0.15, 0.2) is 72.9 Å². The van der Waals surface area contributed by atoms with Gasteiger partial charge in [0.2, 0.25) is 5.91 Å². The Balaban J connectivity index is 1.44. The molecule has 0 spiro atoms. The molecule has 0 radical (unpaired) electrons. The summed E-state index contributed by atoms with van der Waals surface area (Å²) in [6.07, 6.45) is 3.87. The molecule has 1 aromatic heterocycles. The molecule has 2 N–H and O–H groups in total. The summed E-state index contributed by atoms with van der Waals surface area (Å²) in [4.78, 5) is 31.6. The lowest BCUT2D eigenvalue weighted by molar-refractivity contribution is -0.131. The normalized spacial score (nSPS) is 15.2. The lowest BCUT2D eigenvalue weighted by Gasteiger charge is -2.25. The van der Waals surface area contributed by atoms with Crippen molar-refractivity contribution >= 4 is 23.4 Å². The SMILES string of the molecule is CCOc1cc(CC(=O)N2CCCC2c2ccccc2)ccc1NC(=O)Nc1ccccn1. The predicted molar refractivity (Wildman–Crippen MR) is 128 cm³/mol. The number of ether oxygens (including phenoxy) is 1. The summed E-state index contributed by atoms with van der Waals surface area (Å²) in [6.45, 7) is 3.09. The van der Waals surface area contributed by atoms with E-state index in [9.17, 15) is 9.59 Å². The zero-order valence-electron chi connectivity index (χ0n) is 18.7. The Morgan fingerprint density at radius 1 is 1.06 bits per heavy atom. The second-order valence-corrected chi connectivity index (χ2v) is 7.89. The van der Waals surface area contributed by atoms with Crippen molar-refractivity contribution < 1.29 is 14.3 Å². The van der Waals surface area contributed by atoms with Crippen LogP contribution in [-0.4, -0.2) is 35.0 Å². The summed E-state index contributed by atoms with van der Waals surface area (Å²) in [5.74, 6) is 1.08. The van der Waals surface area contributed by atoms with E-state index in [0.29, 0.717) is 23.9 Å². The van der Waals surface area contributed by atoms with Crippen molar-refractivity contribution in [1.29, 1.82) is 0 Å². The van der Waals surface area contributed by atoms with Crippen LogP contribution < -0.4 is 15.4 Å². The first-order valence-electron chi connectivity index (χ1n) is 11.2. The summed E-state index contributed by atoms with van der Waals surface area (Å²) in [6, 6.07) is 20.6. The van der Waals surface area contributed by atoms with Gasteiger partial charge in [-0.2, -0.15) is 0 Å². The van der Waals surface area contributed by atoms with E-state index in [-0.39, 0.29) is 18.4 Å². The first-order chi connectivity index (χ1) is 16.1. The zero-order chi connectivity index (χ0) is 23.0. The monoisotopic (exact) mass is 444 g/mol. The third kappa shape index (κ3) is 5.68. The molecular formula is C26H28N4O3. The van der Waals surface area contributed by atoms with E-state index in [1.807, 2.05) is 42.2 Å². The van der Waals surface area contributed by atoms with Gasteiger partial charge in [-0.1, -0.05) is 42.5 Å². The Morgan fingerprint density at radius 2 is 1.88 bits per heavy atom. The number of anilines is 2. The third-order valence-electron chi connectivity index (χ3n) is 5.61. The van der Waals surface area contributed by atoms with Gasteiger partial charge in [-0.3, -0.25) is 10.1 Å². The summed E-state index contributed by atoms with van der Waals surface area (Å²) in [5.41, 5.74) is 2.56. The molecule has 170 valence electrons. The van der Waals surface area contributed by atoms with Gasteiger partial charge >= 0.3 is 6.03 Å². The summed E-state index contributed by atoms with van der Waals surface area (Å²) < 4.78 is 5.74. The largest absolute Gasteiger partial charge is 0.492 e. The van der Waals surface area contributed by atoms with Gasteiger partial charge in [-0.15, -0.1) is 0 Å². The van der Waals surface area contributed by atoms with Gasteiger partial charge in [0.25, 0.3) is 0 Å². The Hall–Kier alpha value is -3.87. The molecule has 1 atom stereocenters. The number of carbonyl (C=O) groups is 2. The van der Waals surface area contributed by atoms with E-state index in [1.165, 1.54) is 5.56 Å². The standard InChI is InChI=1S/C26H28N4O3/c1-2-33-23-17-19(13-14-21(23)28-26(32)29-24-12-6-7-15-27-24)18-25(31)30-16-8-11-22(30)20-9-4-3-5-10-20/h3-7,9-10,12-15,17,22H,2,8,11,16,18H2,1H3,(H2,27,28,29,32). The minimum absolute atomic E-state index is 0.0948. The Morgan fingerprint density at radius 3 is 2.64 bits per heavy atom. The maximum absolute atomic E-state index is 13.1. The first kappa shape index (κ1) is 22.3. The van der Waals surface area contributed by atoms with Gasteiger partial charge in [0.1, 0.15) is 11.6 Å². The van der Waals surface area contributed by atoms with Gasteiger partial charge in [-0.25, -0.2) is 9.78 Å². The van der Waals surface area contributed by atoms with Gasteiger partial charge in [0.15, 0.2) is 0 Å². The number of urea groups is 1. The Labute approximate surface area is 193 Å². The zero-order valence-corrected chi connectivity index (χ0v) is 18.7. The van der Waals surface area contributed by atoms with Crippen LogP contribution in [0, 0.1) is 0 Å². The fourth-order valence-electron chi connectivity index (χ4n) is 4.12. The van der Waals surface area contributed by atoms with Crippen LogP contribution in [0.25, 0.3) is 0 Å². The van der Waals surface area contributed by atoms with Crippen LogP contribution in [0.5, 0.6) is 5.75 Å². The highest BCUT2D eigenvalue weighted by atomic mass is 16.5. The number of nitrogens with one attached hydrogen (secondary N) is 2. The van der Waals surface area contributed by atoms with Crippen LogP contribution in [-0.2, 0) is 11.2 Å². The number of pyridine rings is 1. The van der Waals surface area contributed by atoms with Crippen LogP contribution in [0.3, 0.4) is 0 Å². The average Bonchev–Trinajstić information content (AvgIpc) is 3.32. The molecule has 0 bridgehead atoms. The second-order valence-electron chi connectivity index (χ2n) is 7.89. The molecule has 1 saturated heterocycles. The summed E-state index contributed by atoms with van der Waals surface area (Å²) in [5, 5.41) is 5.48. The summed E-state index contributed by atoms with van der Waals surface area (Å²) >= 11 is 0. The number of rotatable bonds is 7. The lowest BCUT2D eigenvalue weighted by Crippen LogP contribution is -2.31. The van der Waals surface area contributed by atoms with Crippen LogP contribution in [0.4, 0.5) is 16.3 Å². The molecule has 7 heteroatoms. The van der Waals surface area contributed by atoms with Gasteiger partial charge in [0.05, 0.1) is 24.8 Å². The van der Waals surface area contributed by atoms with Crippen molar-refractivity contribution in [3.63, 3.8) is 0 Å². The molecule has 1 aliphatic rings. The highest BCUT2D eigenvalue weighted by molar-refractivity contribution is 6.00. The van der Waals surface area contributed by atoms with Crippen molar-refractivity contribution in [2.24, 2.45) is 0 Å². The molecule has 1 unspecified atom stereocenters. The second kappa shape index (κ2) is 10.6. The third-order valence-corrected chi connectivity index (χ3v) is 5.61. The van der Waals surface area contributed by atoms with Gasteiger partial charge in [0, 0.05) is 12.7 Å². The molecule has 0 aliphatic carbocycles. The van der Waals surface area contributed by atoms with Crippen LogP contribution >= 0.6 is 0 Å². The number of hydrogen-bond acceptors (Lipinski definition) is 4. The smallest absolute Gasteiger partial charge is 0.324 e. The topological polar surface area (TPSA) is 83.6 Å². The quantitative estimate of drug-likeness (QED) is 0.535. The highest BCUT2D eigenvalue weighted by Crippen LogP contribution is 2.33. The highest BCUT2D eigenvalue weighted by Gasteiger charge is 2.29. The van der Waals surface area contributed by atoms with Crippen molar-refractivity contribution in [2.75, 3.05) is 23.8 Å². The van der Waals surface area contributed by atoms with Crippen molar-refractivity contribution in [3.05, 3.63) is 84.1 Å². The number of carbonyl (C=O) groups excluding carboxylic acids is 2. The molecule has 7 nitrogen and oxygen atoms in total. The fourth-order valence-corrected chi connectivity index (χ4v) is 4.12. The first-order valence-corrected chi connectivity index (χ1v) is 11.2. The minimum Gasteiger partial charge on any atom is -0.492 e. The van der Waals surface area contributed by atoms with E-state index in [2.05, 4.69) is 27.8 Å². The van der Waals surface area contributed by atoms with E-state index >= 15 is 0 Å². The van der Waals surface area contributed by atoms with E-state index in [1.54, 1.807) is 30.5 Å². The van der Waals surface area contributed by atoms with Gasteiger partial charge in [-0.05, 0) is 55.2 Å². The van der Waals surface area contributed by atoms with Crippen LogP contribution in [0.1, 0.15) is 36.9 Å². The molecule has 3 amide bonds. The maximum Gasteiger partial charge on any atom is 0.324 e. The van der Waals surface area contributed by atoms with E-state index in [0.717, 1.165) is 24.9 Å². The number of amides is 3. The molecule has 3 aromatic rings. The van der Waals surface area contributed by atoms with Crippen molar-refractivity contribution in [1.82, 2.24) is 9.88 Å². The summed E-state index contributed by atoms with van der Waals surface area (Å²) in [7, 11) is 0. The molecule has 1 aliphatic heterocycles. The van der Waals surface area contributed by atoms with Gasteiger partial charge < -0.3 is 15.0 Å². The molecule has 1 fully saturated rings. The number of hydrogen-bond donors (Lipinski definition) is 2. The fraction of sp³-hybridized carbons (Fsp3) is 0.269. The number of aromatic nitrogens is 1. The maximum atomic E-state index is 13.1. The number of benzene rings is 2. The number of likely N-dealkylation sites (tertiary alicyclic amines) is 1. The minimum atomic E-state index is -0.416. The lowest BCUT2D eigenvalue weighted by atomic mass is 10.0. The molecule has 2 heterocycles. The van der Waals surface area contributed by atoms with Crippen LogP contribution in [0.2, 0.25) is 0 Å². The van der Waals surface area contributed by atoms with E-state index in [4.69, 9.17) is 4.74 Å². The molecule has 2 aromatic carbocycles. The predicted octanol–water partition coefficient (Wildman–Crippen LogP) is 5.03. The molecule has 0 saturated carbocycles. The van der Waals surface area contributed by atoms with Crippen molar-refractivity contribution in [2.45, 2.75) is 32.2 Å². The van der Waals surface area contributed by atoms with E-state index < -0.39 is 6.03 Å². The molecule has 33 heavy (non-hydrogen) atoms. The average molecular weight is 445 g/mol.